The van der Waals surface area contributed by atoms with Crippen LogP contribution in [0, 0.1) is 0 Å². The van der Waals surface area contributed by atoms with E-state index >= 15 is 0 Å². The third-order valence-corrected chi connectivity index (χ3v) is 6.42. The average Bonchev–Trinajstić information content (AvgIpc) is 2.95. The first kappa shape index (κ1) is 15.7. The molecule has 0 amide bonds. The number of aryl methyl sites for hydroxylation is 2. The van der Waals surface area contributed by atoms with Gasteiger partial charge in [0.15, 0.2) is 5.16 Å². The fourth-order valence-corrected chi connectivity index (χ4v) is 5.35. The molecular weight excluding hydrogens is 338 g/mol. The van der Waals surface area contributed by atoms with E-state index in [4.69, 9.17) is 10.7 Å². The molecule has 1 aliphatic rings. The molecule has 0 radical (unpaired) electrons. The lowest BCUT2D eigenvalue weighted by Crippen LogP contribution is -2.23. The van der Waals surface area contributed by atoms with Crippen molar-refractivity contribution in [1.29, 1.82) is 0 Å². The fourth-order valence-electron chi connectivity index (χ4n) is 3.32. The van der Waals surface area contributed by atoms with Gasteiger partial charge in [0.1, 0.15) is 4.83 Å². The minimum Gasteiger partial charge on any atom is -0.397 e. The molecule has 24 heavy (non-hydrogen) atoms. The third-order valence-electron chi connectivity index (χ3n) is 4.41. The number of benzene rings is 1. The second-order valence-corrected chi connectivity index (χ2v) is 8.23. The molecule has 2 aromatic heterocycles. The van der Waals surface area contributed by atoms with Crippen molar-refractivity contribution in [2.45, 2.75) is 37.8 Å². The van der Waals surface area contributed by atoms with Crippen molar-refractivity contribution in [3.8, 4) is 5.69 Å². The summed E-state index contributed by atoms with van der Waals surface area (Å²) in [6.45, 7) is 2.07. The number of nitrogens with zero attached hydrogens (tertiary/aromatic N) is 2. The summed E-state index contributed by atoms with van der Waals surface area (Å²) in [5, 5.41) is 1.53. The van der Waals surface area contributed by atoms with Crippen LogP contribution in [0.25, 0.3) is 15.9 Å². The predicted molar refractivity (Wildman–Crippen MR) is 103 cm³/mol. The summed E-state index contributed by atoms with van der Waals surface area (Å²) in [6.07, 6.45) is 4.41. The summed E-state index contributed by atoms with van der Waals surface area (Å²) < 4.78 is 1.70. The van der Waals surface area contributed by atoms with Crippen molar-refractivity contribution in [3.05, 3.63) is 45.1 Å². The largest absolute Gasteiger partial charge is 0.397 e. The van der Waals surface area contributed by atoms with E-state index in [1.165, 1.54) is 16.9 Å². The number of hydrogen-bond donors (Lipinski definition) is 1. The molecule has 4 nitrogen and oxygen atoms in total. The number of rotatable bonds is 3. The first-order valence-electron chi connectivity index (χ1n) is 8.25. The number of nitrogen functional groups attached to an aromatic ring is 1. The van der Waals surface area contributed by atoms with E-state index in [1.54, 1.807) is 27.7 Å². The van der Waals surface area contributed by atoms with Crippen LogP contribution in [0.2, 0.25) is 0 Å². The number of fused-ring (bicyclic) bond motifs is 3. The van der Waals surface area contributed by atoms with Crippen LogP contribution in [0.15, 0.2) is 34.2 Å². The maximum absolute atomic E-state index is 13.4. The van der Waals surface area contributed by atoms with Crippen LogP contribution in [0.4, 0.5) is 5.69 Å². The second kappa shape index (κ2) is 6.26. The molecule has 0 saturated heterocycles. The molecule has 124 valence electrons. The standard InChI is InChI=1S/C18H19N3OS2/c1-2-23-18-20-16-15(11-7-3-6-10-14(11)24-16)17(22)21(18)13-9-5-4-8-12(13)19/h4-5,8-9H,2-3,6-7,10,19H2,1H3. The number of thiophene rings is 1. The topological polar surface area (TPSA) is 60.9 Å². The zero-order valence-corrected chi connectivity index (χ0v) is 15.2. The summed E-state index contributed by atoms with van der Waals surface area (Å²) >= 11 is 3.28. The van der Waals surface area contributed by atoms with Crippen LogP contribution >= 0.6 is 23.1 Å². The Morgan fingerprint density at radius 2 is 2.08 bits per heavy atom. The van der Waals surface area contributed by atoms with Crippen molar-refractivity contribution in [1.82, 2.24) is 9.55 Å². The lowest BCUT2D eigenvalue weighted by Gasteiger charge is -2.14. The Morgan fingerprint density at radius 1 is 1.29 bits per heavy atom. The van der Waals surface area contributed by atoms with Gasteiger partial charge in [0, 0.05) is 4.88 Å². The molecule has 3 aromatic rings. The molecule has 0 bridgehead atoms. The van der Waals surface area contributed by atoms with E-state index < -0.39 is 0 Å². The third kappa shape index (κ3) is 2.45. The van der Waals surface area contributed by atoms with Gasteiger partial charge in [-0.05, 0) is 49.1 Å². The van der Waals surface area contributed by atoms with Crippen LogP contribution < -0.4 is 11.3 Å². The van der Waals surface area contributed by atoms with Crippen LogP contribution in [0.1, 0.15) is 30.2 Å². The number of thioether (sulfide) groups is 1. The van der Waals surface area contributed by atoms with Gasteiger partial charge in [0.2, 0.25) is 0 Å². The summed E-state index contributed by atoms with van der Waals surface area (Å²) in [4.78, 5) is 20.4. The number of aromatic nitrogens is 2. The molecule has 0 fully saturated rings. The molecule has 0 saturated carbocycles. The molecule has 6 heteroatoms. The van der Waals surface area contributed by atoms with Crippen LogP contribution in [-0.4, -0.2) is 15.3 Å². The highest BCUT2D eigenvalue weighted by Crippen LogP contribution is 2.35. The number of hydrogen-bond acceptors (Lipinski definition) is 5. The molecule has 0 aliphatic heterocycles. The van der Waals surface area contributed by atoms with E-state index in [0.29, 0.717) is 5.69 Å². The SMILES string of the molecule is CCSc1nc2sc3c(c2c(=O)n1-c1ccccc1N)CCCC3. The molecule has 2 heterocycles. The molecule has 1 aromatic carbocycles. The molecule has 0 unspecified atom stereocenters. The summed E-state index contributed by atoms with van der Waals surface area (Å²) in [6, 6.07) is 7.51. The Bertz CT molecular complexity index is 974. The highest BCUT2D eigenvalue weighted by molar-refractivity contribution is 7.99. The average molecular weight is 358 g/mol. The summed E-state index contributed by atoms with van der Waals surface area (Å²) in [5.74, 6) is 0.857. The van der Waals surface area contributed by atoms with Crippen molar-refractivity contribution >= 4 is 39.0 Å². The van der Waals surface area contributed by atoms with Crippen LogP contribution in [-0.2, 0) is 12.8 Å². The fraction of sp³-hybridized carbons (Fsp3) is 0.333. The molecular formula is C18H19N3OS2. The van der Waals surface area contributed by atoms with Crippen LogP contribution in [0.3, 0.4) is 0 Å². The van der Waals surface area contributed by atoms with Gasteiger partial charge in [0.25, 0.3) is 5.56 Å². The van der Waals surface area contributed by atoms with E-state index in [1.807, 2.05) is 24.3 Å². The van der Waals surface area contributed by atoms with E-state index in [2.05, 4.69) is 6.92 Å². The number of para-hydroxylation sites is 2. The van der Waals surface area contributed by atoms with Crippen LogP contribution in [0.5, 0.6) is 0 Å². The minimum atomic E-state index is 0.0215. The predicted octanol–water partition coefficient (Wildman–Crippen LogP) is 4.02. The monoisotopic (exact) mass is 357 g/mol. The smallest absolute Gasteiger partial charge is 0.267 e. The Balaban J connectivity index is 2.07. The second-order valence-electron chi connectivity index (χ2n) is 5.92. The van der Waals surface area contributed by atoms with Crippen molar-refractivity contribution in [3.63, 3.8) is 0 Å². The zero-order chi connectivity index (χ0) is 16.7. The number of nitrogens with two attached hydrogens (primary N) is 1. The van der Waals surface area contributed by atoms with E-state index in [0.717, 1.165) is 46.1 Å². The van der Waals surface area contributed by atoms with Gasteiger partial charge in [-0.3, -0.25) is 9.36 Å². The summed E-state index contributed by atoms with van der Waals surface area (Å²) in [7, 11) is 0. The van der Waals surface area contributed by atoms with E-state index in [-0.39, 0.29) is 5.56 Å². The molecule has 2 N–H and O–H groups in total. The van der Waals surface area contributed by atoms with Crippen molar-refractivity contribution < 1.29 is 0 Å². The lowest BCUT2D eigenvalue weighted by molar-refractivity contribution is 0.699. The van der Waals surface area contributed by atoms with Crippen molar-refractivity contribution in [2.24, 2.45) is 0 Å². The van der Waals surface area contributed by atoms with E-state index in [9.17, 15) is 4.79 Å². The molecule has 0 atom stereocenters. The summed E-state index contributed by atoms with van der Waals surface area (Å²) in [5.41, 5.74) is 8.71. The molecule has 0 spiro atoms. The molecule has 4 rings (SSSR count). The Kier molecular flexibility index (Phi) is 4.10. The Hall–Kier alpha value is -1.79. The zero-order valence-electron chi connectivity index (χ0n) is 13.5. The Labute approximate surface area is 148 Å². The minimum absolute atomic E-state index is 0.0215. The van der Waals surface area contributed by atoms with Gasteiger partial charge in [0.05, 0.1) is 16.8 Å². The first-order chi connectivity index (χ1) is 11.7. The maximum Gasteiger partial charge on any atom is 0.267 e. The number of anilines is 1. The first-order valence-corrected chi connectivity index (χ1v) is 10.1. The van der Waals surface area contributed by atoms with Gasteiger partial charge in [-0.25, -0.2) is 4.98 Å². The van der Waals surface area contributed by atoms with Gasteiger partial charge in [-0.2, -0.15) is 0 Å². The van der Waals surface area contributed by atoms with Gasteiger partial charge in [-0.1, -0.05) is 30.8 Å². The maximum atomic E-state index is 13.4. The quantitative estimate of drug-likeness (QED) is 0.437. The highest BCUT2D eigenvalue weighted by atomic mass is 32.2. The highest BCUT2D eigenvalue weighted by Gasteiger charge is 2.23. The van der Waals surface area contributed by atoms with Gasteiger partial charge in [-0.15, -0.1) is 11.3 Å². The normalized spacial score (nSPS) is 14.0. The van der Waals surface area contributed by atoms with Crippen molar-refractivity contribution in [2.75, 3.05) is 11.5 Å². The lowest BCUT2D eigenvalue weighted by atomic mass is 9.97. The van der Waals surface area contributed by atoms with Gasteiger partial charge >= 0.3 is 0 Å². The Morgan fingerprint density at radius 3 is 2.88 bits per heavy atom. The van der Waals surface area contributed by atoms with Gasteiger partial charge < -0.3 is 5.73 Å². The molecule has 1 aliphatic carbocycles.